The van der Waals surface area contributed by atoms with E-state index in [0.717, 1.165) is 25.7 Å². The average Bonchev–Trinajstić information content (AvgIpc) is 2.42. The van der Waals surface area contributed by atoms with E-state index < -0.39 is 10.0 Å². The van der Waals surface area contributed by atoms with E-state index in [0.29, 0.717) is 13.1 Å². The molecule has 0 rings (SSSR count). The predicted octanol–water partition coefficient (Wildman–Crippen LogP) is 4.97. The minimum Gasteiger partial charge on any atom is -0.213 e. The fraction of sp³-hybridized carbons (Fsp3) is 1.00. The van der Waals surface area contributed by atoms with Gasteiger partial charge in [-0.15, -0.1) is 0 Å². The van der Waals surface area contributed by atoms with Crippen LogP contribution in [0.3, 0.4) is 0 Å². The molecule has 0 saturated heterocycles. The molecule has 0 fully saturated rings. The van der Waals surface area contributed by atoms with Crippen molar-refractivity contribution in [2.75, 3.05) is 19.3 Å². The van der Waals surface area contributed by atoms with Crippen LogP contribution >= 0.6 is 0 Å². The lowest BCUT2D eigenvalue weighted by atomic mass is 10.1. The molecular formula is C17H37NO2S. The number of hydrogen-bond donors (Lipinski definition) is 0. The third kappa shape index (κ3) is 13.3. The zero-order valence-electron chi connectivity index (χ0n) is 14.6. The molecule has 0 bridgehead atoms. The molecule has 0 aromatic rings. The Labute approximate surface area is 133 Å². The molecule has 21 heavy (non-hydrogen) atoms. The largest absolute Gasteiger partial charge is 0.213 e. The quantitative estimate of drug-likeness (QED) is 0.400. The van der Waals surface area contributed by atoms with Gasteiger partial charge in [-0.3, -0.25) is 0 Å². The number of rotatable bonds is 15. The monoisotopic (exact) mass is 319 g/mol. The van der Waals surface area contributed by atoms with Crippen molar-refractivity contribution < 1.29 is 8.42 Å². The van der Waals surface area contributed by atoms with Gasteiger partial charge in [0.1, 0.15) is 0 Å². The second-order valence-corrected chi connectivity index (χ2v) is 8.18. The summed E-state index contributed by atoms with van der Waals surface area (Å²) in [5, 5.41) is 0. The van der Waals surface area contributed by atoms with Crippen LogP contribution in [0.5, 0.6) is 0 Å². The third-order valence-corrected chi connectivity index (χ3v) is 5.29. The Bertz CT molecular complexity index is 299. The molecule has 4 heteroatoms. The van der Waals surface area contributed by atoms with Gasteiger partial charge in [0.25, 0.3) is 0 Å². The molecule has 0 heterocycles. The Morgan fingerprint density at radius 3 is 1.29 bits per heavy atom. The molecule has 0 spiro atoms. The van der Waals surface area contributed by atoms with Crippen LogP contribution < -0.4 is 0 Å². The molecule has 0 saturated carbocycles. The first-order valence-electron chi connectivity index (χ1n) is 8.97. The van der Waals surface area contributed by atoms with Gasteiger partial charge in [-0.1, -0.05) is 78.1 Å². The van der Waals surface area contributed by atoms with Gasteiger partial charge in [0.05, 0.1) is 6.26 Å². The second-order valence-electron chi connectivity index (χ2n) is 6.20. The van der Waals surface area contributed by atoms with E-state index in [1.807, 2.05) is 0 Å². The maximum Gasteiger partial charge on any atom is 0.211 e. The lowest BCUT2D eigenvalue weighted by Crippen LogP contribution is -2.32. The minimum absolute atomic E-state index is 0.708. The highest BCUT2D eigenvalue weighted by Crippen LogP contribution is 2.10. The maximum atomic E-state index is 11.8. The first kappa shape index (κ1) is 20.9. The molecule has 0 aromatic heterocycles. The average molecular weight is 320 g/mol. The Balaban J connectivity index is 3.79. The molecule has 0 N–H and O–H groups in total. The summed E-state index contributed by atoms with van der Waals surface area (Å²) >= 11 is 0. The zero-order valence-corrected chi connectivity index (χ0v) is 15.4. The van der Waals surface area contributed by atoms with Crippen molar-refractivity contribution in [3.63, 3.8) is 0 Å². The Morgan fingerprint density at radius 2 is 0.952 bits per heavy atom. The summed E-state index contributed by atoms with van der Waals surface area (Å²) in [5.41, 5.74) is 0. The van der Waals surface area contributed by atoms with Crippen molar-refractivity contribution in [3.05, 3.63) is 0 Å². The van der Waals surface area contributed by atoms with Crippen molar-refractivity contribution >= 4 is 10.0 Å². The first-order chi connectivity index (χ1) is 10.0. The number of hydrogen-bond acceptors (Lipinski definition) is 2. The van der Waals surface area contributed by atoms with Crippen LogP contribution in [0.1, 0.15) is 90.9 Å². The minimum atomic E-state index is -3.03. The van der Waals surface area contributed by atoms with Crippen LogP contribution in [-0.2, 0) is 10.0 Å². The summed E-state index contributed by atoms with van der Waals surface area (Å²) in [6, 6.07) is 0. The van der Waals surface area contributed by atoms with Gasteiger partial charge in [-0.25, -0.2) is 12.7 Å². The molecule has 0 aliphatic heterocycles. The van der Waals surface area contributed by atoms with E-state index in [-0.39, 0.29) is 0 Å². The van der Waals surface area contributed by atoms with Gasteiger partial charge in [0, 0.05) is 13.1 Å². The van der Waals surface area contributed by atoms with Gasteiger partial charge in [0.2, 0.25) is 10.0 Å². The molecule has 0 unspecified atom stereocenters. The molecular weight excluding hydrogens is 282 g/mol. The van der Waals surface area contributed by atoms with Gasteiger partial charge >= 0.3 is 0 Å². The van der Waals surface area contributed by atoms with Gasteiger partial charge in [0.15, 0.2) is 0 Å². The first-order valence-corrected chi connectivity index (χ1v) is 10.8. The van der Waals surface area contributed by atoms with Crippen LogP contribution in [0, 0.1) is 0 Å². The summed E-state index contributed by atoms with van der Waals surface area (Å²) in [7, 11) is -3.03. The van der Waals surface area contributed by atoms with Gasteiger partial charge in [-0.2, -0.15) is 0 Å². The van der Waals surface area contributed by atoms with E-state index in [1.165, 1.54) is 57.6 Å². The van der Waals surface area contributed by atoms with Crippen molar-refractivity contribution in [2.24, 2.45) is 0 Å². The van der Waals surface area contributed by atoms with Crippen molar-refractivity contribution in [2.45, 2.75) is 90.9 Å². The van der Waals surface area contributed by atoms with E-state index >= 15 is 0 Å². The number of nitrogens with zero attached hydrogens (tertiary/aromatic N) is 1. The smallest absolute Gasteiger partial charge is 0.211 e. The highest BCUT2D eigenvalue weighted by atomic mass is 32.2. The molecule has 0 aromatic carbocycles. The summed E-state index contributed by atoms with van der Waals surface area (Å²) in [5.74, 6) is 0. The van der Waals surface area contributed by atoms with Crippen LogP contribution in [0.4, 0.5) is 0 Å². The molecule has 128 valence electrons. The standard InChI is InChI=1S/C17H37NO2S/c1-4-6-8-10-12-14-16-18(21(3,19)20)17-15-13-11-9-7-5-2/h4-17H2,1-3H3. The Morgan fingerprint density at radius 1 is 0.619 bits per heavy atom. The fourth-order valence-electron chi connectivity index (χ4n) is 2.58. The molecule has 0 amide bonds. The maximum absolute atomic E-state index is 11.8. The number of sulfonamides is 1. The molecule has 0 atom stereocenters. The van der Waals surface area contributed by atoms with E-state index in [9.17, 15) is 8.42 Å². The summed E-state index contributed by atoms with van der Waals surface area (Å²) in [6.07, 6.45) is 15.8. The van der Waals surface area contributed by atoms with E-state index in [1.54, 1.807) is 4.31 Å². The van der Waals surface area contributed by atoms with Crippen molar-refractivity contribution in [1.82, 2.24) is 4.31 Å². The van der Waals surface area contributed by atoms with Gasteiger partial charge < -0.3 is 0 Å². The zero-order chi connectivity index (χ0) is 16.0. The SMILES string of the molecule is CCCCCCCCN(CCCCCCCC)S(C)(=O)=O. The fourth-order valence-corrected chi connectivity index (χ4v) is 3.50. The van der Waals surface area contributed by atoms with Crippen LogP contribution in [0.2, 0.25) is 0 Å². The van der Waals surface area contributed by atoms with Crippen LogP contribution in [0.15, 0.2) is 0 Å². The lowest BCUT2D eigenvalue weighted by Gasteiger charge is -2.19. The molecule has 0 aliphatic carbocycles. The molecule has 0 radical (unpaired) electrons. The van der Waals surface area contributed by atoms with Crippen molar-refractivity contribution in [3.8, 4) is 0 Å². The summed E-state index contributed by atoms with van der Waals surface area (Å²) < 4.78 is 25.3. The van der Waals surface area contributed by atoms with Crippen molar-refractivity contribution in [1.29, 1.82) is 0 Å². The summed E-state index contributed by atoms with van der Waals surface area (Å²) in [6.45, 7) is 5.84. The number of unbranched alkanes of at least 4 members (excludes halogenated alkanes) is 10. The van der Waals surface area contributed by atoms with Crippen LogP contribution in [-0.4, -0.2) is 32.1 Å². The Kier molecular flexibility index (Phi) is 13.5. The van der Waals surface area contributed by atoms with E-state index in [4.69, 9.17) is 0 Å². The molecule has 0 aliphatic rings. The van der Waals surface area contributed by atoms with Gasteiger partial charge in [-0.05, 0) is 12.8 Å². The molecule has 3 nitrogen and oxygen atoms in total. The highest BCUT2D eigenvalue weighted by Gasteiger charge is 2.15. The second kappa shape index (κ2) is 13.6. The lowest BCUT2D eigenvalue weighted by molar-refractivity contribution is 0.386. The Hall–Kier alpha value is -0.0900. The van der Waals surface area contributed by atoms with Crippen LogP contribution in [0.25, 0.3) is 0 Å². The summed E-state index contributed by atoms with van der Waals surface area (Å²) in [4.78, 5) is 0. The highest BCUT2D eigenvalue weighted by molar-refractivity contribution is 7.88. The van der Waals surface area contributed by atoms with E-state index in [2.05, 4.69) is 13.8 Å². The topological polar surface area (TPSA) is 37.4 Å². The normalized spacial score (nSPS) is 12.2. The predicted molar refractivity (Wildman–Crippen MR) is 93.2 cm³/mol. The third-order valence-electron chi connectivity index (χ3n) is 3.99.